The molecule has 0 fully saturated rings. The zero-order valence-electron chi connectivity index (χ0n) is 7.56. The zero-order chi connectivity index (χ0) is 10.2. The largest absolute Gasteiger partial charge is 0.416 e. The summed E-state index contributed by atoms with van der Waals surface area (Å²) in [5, 5.41) is 0. The van der Waals surface area contributed by atoms with Crippen LogP contribution in [0.4, 0.5) is 13.2 Å². The topological polar surface area (TPSA) is 0 Å². The van der Waals surface area contributed by atoms with Crippen molar-refractivity contribution in [2.75, 3.05) is 0 Å². The molecule has 0 N–H and O–H groups in total. The Bertz CT molecular complexity index is 339. The number of halogens is 3. The van der Waals surface area contributed by atoms with E-state index >= 15 is 0 Å². The average molecular weight is 199 g/mol. The molecule has 2 rings (SSSR count). The second kappa shape index (κ2) is 3.30. The molecule has 0 aromatic heterocycles. The van der Waals surface area contributed by atoms with Crippen LogP contribution in [0.15, 0.2) is 18.2 Å². The summed E-state index contributed by atoms with van der Waals surface area (Å²) < 4.78 is 37.7. The van der Waals surface area contributed by atoms with Crippen LogP contribution in [0.1, 0.15) is 29.5 Å². The monoisotopic (exact) mass is 199 g/mol. The quantitative estimate of drug-likeness (QED) is 0.599. The molecule has 0 amide bonds. The molecule has 1 aromatic carbocycles. The van der Waals surface area contributed by atoms with Crippen molar-refractivity contribution in [1.29, 1.82) is 0 Å². The second-order valence-corrected chi connectivity index (χ2v) is 3.47. The van der Waals surface area contributed by atoms with Gasteiger partial charge >= 0.3 is 6.18 Å². The van der Waals surface area contributed by atoms with Gasteiger partial charge in [0, 0.05) is 0 Å². The van der Waals surface area contributed by atoms with Crippen molar-refractivity contribution in [3.05, 3.63) is 41.3 Å². The van der Waals surface area contributed by atoms with Crippen LogP contribution < -0.4 is 0 Å². The fraction of sp³-hybridized carbons (Fsp3) is 0.364. The molecular formula is C11H10F3. The van der Waals surface area contributed by atoms with E-state index in [4.69, 9.17) is 0 Å². The third-order valence-electron chi connectivity index (χ3n) is 2.51. The first-order chi connectivity index (χ1) is 6.59. The lowest BCUT2D eigenvalue weighted by molar-refractivity contribution is -0.138. The fourth-order valence-corrected chi connectivity index (χ4v) is 1.88. The molecule has 1 aliphatic carbocycles. The van der Waals surface area contributed by atoms with Crippen molar-refractivity contribution in [3.8, 4) is 0 Å². The summed E-state index contributed by atoms with van der Waals surface area (Å²) in [6.07, 6.45) is -0.0828. The van der Waals surface area contributed by atoms with Crippen LogP contribution >= 0.6 is 0 Å². The zero-order valence-corrected chi connectivity index (χ0v) is 7.56. The van der Waals surface area contributed by atoms with Gasteiger partial charge in [0.2, 0.25) is 0 Å². The third kappa shape index (κ3) is 1.63. The number of alkyl halides is 3. The molecule has 0 unspecified atom stereocenters. The van der Waals surface area contributed by atoms with Crippen LogP contribution in [0, 0.1) is 6.42 Å². The van der Waals surface area contributed by atoms with Crippen LogP contribution in [-0.4, -0.2) is 0 Å². The predicted molar refractivity (Wildman–Crippen MR) is 47.8 cm³/mol. The summed E-state index contributed by atoms with van der Waals surface area (Å²) in [5.74, 6) is 0. The minimum atomic E-state index is -4.21. The SMILES string of the molecule is FC(F)(F)c1cccc2c1CCC[CH]2. The summed E-state index contributed by atoms with van der Waals surface area (Å²) in [6, 6.07) is 4.39. The summed E-state index contributed by atoms with van der Waals surface area (Å²) in [6.45, 7) is 0. The first-order valence-electron chi connectivity index (χ1n) is 4.61. The van der Waals surface area contributed by atoms with Gasteiger partial charge in [0.15, 0.2) is 0 Å². The van der Waals surface area contributed by atoms with Crippen LogP contribution in [0.3, 0.4) is 0 Å². The number of benzene rings is 1. The van der Waals surface area contributed by atoms with E-state index in [-0.39, 0.29) is 0 Å². The highest BCUT2D eigenvalue weighted by Gasteiger charge is 2.34. The van der Waals surface area contributed by atoms with Crippen LogP contribution in [-0.2, 0) is 12.6 Å². The van der Waals surface area contributed by atoms with Crippen molar-refractivity contribution in [2.24, 2.45) is 0 Å². The van der Waals surface area contributed by atoms with Gasteiger partial charge in [0.1, 0.15) is 0 Å². The summed E-state index contributed by atoms with van der Waals surface area (Å²) in [4.78, 5) is 0. The van der Waals surface area contributed by atoms with Gasteiger partial charge in [-0.25, -0.2) is 0 Å². The molecular weight excluding hydrogens is 189 g/mol. The van der Waals surface area contributed by atoms with E-state index in [9.17, 15) is 13.2 Å². The number of hydrogen-bond donors (Lipinski definition) is 0. The lowest BCUT2D eigenvalue weighted by Gasteiger charge is -2.20. The van der Waals surface area contributed by atoms with E-state index in [0.717, 1.165) is 24.5 Å². The number of fused-ring (bicyclic) bond motifs is 1. The normalized spacial score (nSPS) is 16.5. The molecule has 0 nitrogen and oxygen atoms in total. The Balaban J connectivity index is 2.51. The lowest BCUT2D eigenvalue weighted by Crippen LogP contribution is -2.13. The van der Waals surface area contributed by atoms with Crippen LogP contribution in [0.5, 0.6) is 0 Å². The first-order valence-corrected chi connectivity index (χ1v) is 4.61. The van der Waals surface area contributed by atoms with Crippen molar-refractivity contribution in [2.45, 2.75) is 25.4 Å². The van der Waals surface area contributed by atoms with Gasteiger partial charge in [-0.15, -0.1) is 0 Å². The van der Waals surface area contributed by atoms with Crippen LogP contribution in [0.25, 0.3) is 0 Å². The van der Waals surface area contributed by atoms with Gasteiger partial charge in [-0.1, -0.05) is 12.1 Å². The Labute approximate surface area is 80.7 Å². The molecule has 0 spiro atoms. The number of rotatable bonds is 0. The minimum absolute atomic E-state index is 0.464. The predicted octanol–water partition coefficient (Wildman–Crippen LogP) is 3.59. The fourth-order valence-electron chi connectivity index (χ4n) is 1.88. The molecule has 14 heavy (non-hydrogen) atoms. The van der Waals surface area contributed by atoms with E-state index in [1.807, 2.05) is 6.42 Å². The van der Waals surface area contributed by atoms with Crippen molar-refractivity contribution >= 4 is 0 Å². The Hall–Kier alpha value is -0.990. The summed E-state index contributed by atoms with van der Waals surface area (Å²) in [7, 11) is 0. The molecule has 1 aliphatic rings. The Morgan fingerprint density at radius 1 is 1.14 bits per heavy atom. The second-order valence-electron chi connectivity index (χ2n) is 3.47. The molecule has 75 valence electrons. The lowest BCUT2D eigenvalue weighted by atomic mass is 9.88. The Morgan fingerprint density at radius 3 is 2.64 bits per heavy atom. The van der Waals surface area contributed by atoms with E-state index in [0.29, 0.717) is 12.0 Å². The standard InChI is InChI=1S/C11H10F3/c12-11(13,14)10-7-3-5-8-4-1-2-6-9(8)10/h3-5,7H,1-2,6H2. The smallest absolute Gasteiger partial charge is 0.166 e. The van der Waals surface area contributed by atoms with Crippen LogP contribution in [0.2, 0.25) is 0 Å². The first kappa shape index (κ1) is 9.56. The molecule has 3 heteroatoms. The van der Waals surface area contributed by atoms with Crippen molar-refractivity contribution in [3.63, 3.8) is 0 Å². The maximum absolute atomic E-state index is 12.6. The molecule has 0 atom stereocenters. The van der Waals surface area contributed by atoms with E-state index in [1.54, 1.807) is 6.07 Å². The van der Waals surface area contributed by atoms with E-state index < -0.39 is 11.7 Å². The summed E-state index contributed by atoms with van der Waals surface area (Å²) >= 11 is 0. The van der Waals surface area contributed by atoms with E-state index in [1.165, 1.54) is 6.07 Å². The highest BCUT2D eigenvalue weighted by molar-refractivity contribution is 5.42. The summed E-state index contributed by atoms with van der Waals surface area (Å²) in [5.41, 5.74) is 0.753. The minimum Gasteiger partial charge on any atom is -0.166 e. The molecule has 1 radical (unpaired) electrons. The highest BCUT2D eigenvalue weighted by atomic mass is 19.4. The van der Waals surface area contributed by atoms with Crippen molar-refractivity contribution < 1.29 is 13.2 Å². The van der Waals surface area contributed by atoms with Gasteiger partial charge in [-0.05, 0) is 42.9 Å². The van der Waals surface area contributed by atoms with Gasteiger partial charge in [0.05, 0.1) is 5.56 Å². The van der Waals surface area contributed by atoms with Crippen molar-refractivity contribution in [1.82, 2.24) is 0 Å². The molecule has 1 aromatic rings. The maximum atomic E-state index is 12.6. The van der Waals surface area contributed by atoms with Gasteiger partial charge in [-0.2, -0.15) is 13.2 Å². The van der Waals surface area contributed by atoms with Gasteiger partial charge < -0.3 is 0 Å². The van der Waals surface area contributed by atoms with E-state index in [2.05, 4.69) is 0 Å². The Morgan fingerprint density at radius 2 is 1.93 bits per heavy atom. The van der Waals surface area contributed by atoms with Gasteiger partial charge in [-0.3, -0.25) is 0 Å². The molecule has 0 aliphatic heterocycles. The third-order valence-corrected chi connectivity index (χ3v) is 2.51. The number of hydrogen-bond acceptors (Lipinski definition) is 0. The Kier molecular flexibility index (Phi) is 2.25. The molecule has 0 saturated carbocycles. The highest BCUT2D eigenvalue weighted by Crippen LogP contribution is 2.36. The maximum Gasteiger partial charge on any atom is 0.416 e. The molecule has 0 saturated heterocycles. The molecule has 0 heterocycles. The van der Waals surface area contributed by atoms with Gasteiger partial charge in [0.25, 0.3) is 0 Å². The molecule has 0 bridgehead atoms. The average Bonchev–Trinajstić information content (AvgIpc) is 2.15.